The highest BCUT2D eigenvalue weighted by Crippen LogP contribution is 2.22. The van der Waals surface area contributed by atoms with Gasteiger partial charge in [-0.3, -0.25) is 4.79 Å². The molecule has 13 heavy (non-hydrogen) atoms. The third kappa shape index (κ3) is 2.58. The van der Waals surface area contributed by atoms with Crippen molar-refractivity contribution in [3.8, 4) is 0 Å². The van der Waals surface area contributed by atoms with E-state index in [9.17, 15) is 4.79 Å². The molecule has 1 nitrogen and oxygen atoms in total. The van der Waals surface area contributed by atoms with Gasteiger partial charge in [0.1, 0.15) is 6.29 Å². The Morgan fingerprint density at radius 2 is 1.92 bits per heavy atom. The summed E-state index contributed by atoms with van der Waals surface area (Å²) >= 11 is 11.5. The standard InChI is InChI=1S/C10H8Cl2O/c11-6-9(7-13)10(12)8-4-2-1-3-5-8/h1-5,7H,6H2/b10-9+. The number of hydrogen-bond acceptors (Lipinski definition) is 1. The van der Waals surface area contributed by atoms with Crippen LogP contribution >= 0.6 is 23.2 Å². The Morgan fingerprint density at radius 3 is 2.38 bits per heavy atom. The highest BCUT2D eigenvalue weighted by molar-refractivity contribution is 6.51. The molecular formula is C10H8Cl2O. The molecular weight excluding hydrogens is 207 g/mol. The molecule has 1 aromatic rings. The molecule has 0 fully saturated rings. The second kappa shape index (κ2) is 5.05. The molecule has 0 spiro atoms. The zero-order valence-corrected chi connectivity index (χ0v) is 8.35. The number of aldehydes is 1. The third-order valence-electron chi connectivity index (χ3n) is 1.60. The fourth-order valence-electron chi connectivity index (χ4n) is 0.912. The Hall–Kier alpha value is -0.790. The first-order chi connectivity index (χ1) is 6.29. The van der Waals surface area contributed by atoms with Crippen LogP contribution in [0.1, 0.15) is 5.56 Å². The van der Waals surface area contributed by atoms with Crippen LogP contribution in [0.25, 0.3) is 5.03 Å². The second-order valence-corrected chi connectivity index (χ2v) is 3.10. The van der Waals surface area contributed by atoms with E-state index in [1.165, 1.54) is 0 Å². The minimum absolute atomic E-state index is 0.136. The lowest BCUT2D eigenvalue weighted by Crippen LogP contribution is -1.90. The van der Waals surface area contributed by atoms with Crippen LogP contribution < -0.4 is 0 Å². The van der Waals surface area contributed by atoms with Gasteiger partial charge in [0.25, 0.3) is 0 Å². The summed E-state index contributed by atoms with van der Waals surface area (Å²) in [7, 11) is 0. The number of hydrogen-bond donors (Lipinski definition) is 0. The minimum atomic E-state index is 0.136. The van der Waals surface area contributed by atoms with E-state index < -0.39 is 0 Å². The molecule has 3 heteroatoms. The predicted octanol–water partition coefficient (Wildman–Crippen LogP) is 3.07. The van der Waals surface area contributed by atoms with Crippen LogP contribution in [0.15, 0.2) is 35.9 Å². The first-order valence-corrected chi connectivity index (χ1v) is 4.66. The maximum Gasteiger partial charge on any atom is 0.148 e. The molecule has 68 valence electrons. The van der Waals surface area contributed by atoms with E-state index in [-0.39, 0.29) is 5.88 Å². The summed E-state index contributed by atoms with van der Waals surface area (Å²) in [6.07, 6.45) is 0.683. The maximum atomic E-state index is 10.5. The molecule has 0 aliphatic heterocycles. The summed E-state index contributed by atoms with van der Waals surface area (Å²) in [5.41, 5.74) is 1.22. The molecule has 1 rings (SSSR count). The fourth-order valence-corrected chi connectivity index (χ4v) is 1.41. The van der Waals surface area contributed by atoms with E-state index in [2.05, 4.69) is 0 Å². The van der Waals surface area contributed by atoms with E-state index in [1.807, 2.05) is 30.3 Å². The molecule has 0 saturated carbocycles. The molecule has 0 atom stereocenters. The largest absolute Gasteiger partial charge is 0.298 e. The Morgan fingerprint density at radius 1 is 1.31 bits per heavy atom. The van der Waals surface area contributed by atoms with Crippen molar-refractivity contribution in [2.24, 2.45) is 0 Å². The lowest BCUT2D eigenvalue weighted by Gasteiger charge is -2.00. The summed E-state index contributed by atoms with van der Waals surface area (Å²) in [5, 5.41) is 0.422. The number of carbonyl (C=O) groups is 1. The van der Waals surface area contributed by atoms with Gasteiger partial charge in [-0.2, -0.15) is 0 Å². The summed E-state index contributed by atoms with van der Waals surface area (Å²) in [6.45, 7) is 0. The highest BCUT2D eigenvalue weighted by atomic mass is 35.5. The molecule has 0 aliphatic rings. The van der Waals surface area contributed by atoms with E-state index in [0.29, 0.717) is 16.9 Å². The lowest BCUT2D eigenvalue weighted by atomic mass is 10.1. The Labute approximate surface area is 87.0 Å². The SMILES string of the molecule is O=C/C(CCl)=C(/Cl)c1ccccc1. The predicted molar refractivity (Wildman–Crippen MR) is 56.0 cm³/mol. The van der Waals surface area contributed by atoms with Crippen molar-refractivity contribution in [2.45, 2.75) is 0 Å². The van der Waals surface area contributed by atoms with Crippen LogP contribution in [0.3, 0.4) is 0 Å². The summed E-state index contributed by atoms with van der Waals surface area (Å²) in [5.74, 6) is 0.136. The van der Waals surface area contributed by atoms with Crippen LogP contribution in [0.4, 0.5) is 0 Å². The smallest absolute Gasteiger partial charge is 0.148 e. The van der Waals surface area contributed by atoms with Crippen molar-refractivity contribution in [2.75, 3.05) is 5.88 Å². The van der Waals surface area contributed by atoms with Crippen molar-refractivity contribution in [3.63, 3.8) is 0 Å². The van der Waals surface area contributed by atoms with Crippen molar-refractivity contribution in [3.05, 3.63) is 41.5 Å². The van der Waals surface area contributed by atoms with Crippen LogP contribution in [-0.4, -0.2) is 12.2 Å². The summed E-state index contributed by atoms with van der Waals surface area (Å²) < 4.78 is 0. The maximum absolute atomic E-state index is 10.5. The van der Waals surface area contributed by atoms with E-state index in [4.69, 9.17) is 23.2 Å². The van der Waals surface area contributed by atoms with Gasteiger partial charge in [0.05, 0.1) is 10.9 Å². The molecule has 0 unspecified atom stereocenters. The molecule has 0 N–H and O–H groups in total. The number of halogens is 2. The van der Waals surface area contributed by atoms with E-state index in [0.717, 1.165) is 5.56 Å². The topological polar surface area (TPSA) is 17.1 Å². The van der Waals surface area contributed by atoms with Crippen molar-refractivity contribution >= 4 is 34.5 Å². The zero-order valence-electron chi connectivity index (χ0n) is 6.84. The van der Waals surface area contributed by atoms with Crippen LogP contribution in [0.2, 0.25) is 0 Å². The molecule has 0 saturated heterocycles. The van der Waals surface area contributed by atoms with Gasteiger partial charge in [-0.1, -0.05) is 41.9 Å². The normalized spacial score (nSPS) is 12.2. The van der Waals surface area contributed by atoms with E-state index in [1.54, 1.807) is 0 Å². The molecule has 0 aromatic heterocycles. The number of alkyl halides is 1. The number of benzene rings is 1. The monoisotopic (exact) mass is 214 g/mol. The van der Waals surface area contributed by atoms with Crippen molar-refractivity contribution in [1.82, 2.24) is 0 Å². The summed E-state index contributed by atoms with van der Waals surface area (Å²) in [4.78, 5) is 10.5. The van der Waals surface area contributed by atoms with Gasteiger partial charge in [-0.05, 0) is 5.56 Å². The molecule has 0 radical (unpaired) electrons. The van der Waals surface area contributed by atoms with Gasteiger partial charge in [0.15, 0.2) is 0 Å². The fraction of sp³-hybridized carbons (Fsp3) is 0.100. The average molecular weight is 215 g/mol. The Bertz CT molecular complexity index is 317. The first kappa shape index (κ1) is 10.3. The van der Waals surface area contributed by atoms with Crippen molar-refractivity contribution in [1.29, 1.82) is 0 Å². The second-order valence-electron chi connectivity index (χ2n) is 2.46. The number of rotatable bonds is 3. The van der Waals surface area contributed by atoms with Crippen LogP contribution in [0.5, 0.6) is 0 Å². The van der Waals surface area contributed by atoms with Crippen LogP contribution in [0, 0.1) is 0 Å². The first-order valence-electron chi connectivity index (χ1n) is 3.74. The third-order valence-corrected chi connectivity index (χ3v) is 2.34. The quantitative estimate of drug-likeness (QED) is 0.430. The minimum Gasteiger partial charge on any atom is -0.298 e. The Balaban J connectivity index is 3.08. The van der Waals surface area contributed by atoms with Gasteiger partial charge in [-0.15, -0.1) is 11.6 Å². The molecule has 1 aromatic carbocycles. The molecule has 0 aliphatic carbocycles. The Kier molecular flexibility index (Phi) is 4.00. The van der Waals surface area contributed by atoms with Gasteiger partial charge in [0.2, 0.25) is 0 Å². The molecule has 0 amide bonds. The lowest BCUT2D eigenvalue weighted by molar-refractivity contribution is -0.104. The average Bonchev–Trinajstić information content (AvgIpc) is 2.21. The van der Waals surface area contributed by atoms with E-state index >= 15 is 0 Å². The van der Waals surface area contributed by atoms with Gasteiger partial charge < -0.3 is 0 Å². The number of allylic oxidation sites excluding steroid dienone is 1. The highest BCUT2D eigenvalue weighted by Gasteiger charge is 2.04. The van der Waals surface area contributed by atoms with Gasteiger partial charge in [-0.25, -0.2) is 0 Å². The zero-order chi connectivity index (χ0) is 9.68. The molecule has 0 bridgehead atoms. The van der Waals surface area contributed by atoms with Gasteiger partial charge >= 0.3 is 0 Å². The number of carbonyl (C=O) groups excluding carboxylic acids is 1. The van der Waals surface area contributed by atoms with Crippen LogP contribution in [-0.2, 0) is 4.79 Å². The summed E-state index contributed by atoms with van der Waals surface area (Å²) in [6, 6.07) is 9.26. The molecule has 0 heterocycles. The van der Waals surface area contributed by atoms with Crippen molar-refractivity contribution < 1.29 is 4.79 Å². The van der Waals surface area contributed by atoms with Gasteiger partial charge in [0, 0.05) is 5.57 Å².